The van der Waals surface area contributed by atoms with Crippen LogP contribution in [0.15, 0.2) is 30.5 Å². The fourth-order valence-electron chi connectivity index (χ4n) is 2.98. The number of amides is 1. The van der Waals surface area contributed by atoms with Crippen molar-refractivity contribution < 1.29 is 4.79 Å². The summed E-state index contributed by atoms with van der Waals surface area (Å²) in [5.74, 6) is -0.0358. The molecule has 0 aliphatic carbocycles. The summed E-state index contributed by atoms with van der Waals surface area (Å²) in [7, 11) is 0. The summed E-state index contributed by atoms with van der Waals surface area (Å²) in [6, 6.07) is 7.98. The van der Waals surface area contributed by atoms with Crippen molar-refractivity contribution in [1.29, 1.82) is 0 Å². The van der Waals surface area contributed by atoms with Crippen LogP contribution in [0.5, 0.6) is 0 Å². The fourth-order valence-corrected chi connectivity index (χ4v) is 3.91. The summed E-state index contributed by atoms with van der Waals surface area (Å²) < 4.78 is 2.11. The van der Waals surface area contributed by atoms with Crippen molar-refractivity contribution in [2.75, 3.05) is 0 Å². The number of nitrogens with zero attached hydrogens (tertiary/aromatic N) is 2. The standard InChI is InChI=1S/C18H21N3OS/c1-5-21-10-15(14-8-6-7-9-16(14)21)18(22)20-12(3)17-11(2)19-13(4)23-17/h6-10,12H,5H2,1-4H3,(H,20,22)/t12-/m1/s1. The number of aromatic nitrogens is 2. The third-order valence-corrected chi connectivity index (χ3v) is 5.31. The van der Waals surface area contributed by atoms with Crippen LogP contribution in [0.4, 0.5) is 0 Å². The van der Waals surface area contributed by atoms with Gasteiger partial charge in [-0.05, 0) is 33.8 Å². The minimum Gasteiger partial charge on any atom is -0.347 e. The molecule has 0 aliphatic rings. The lowest BCUT2D eigenvalue weighted by Gasteiger charge is -2.12. The Morgan fingerprint density at radius 3 is 2.74 bits per heavy atom. The second-order valence-corrected chi connectivity index (χ2v) is 6.96. The molecule has 0 unspecified atom stereocenters. The van der Waals surface area contributed by atoms with Crippen LogP contribution in [0, 0.1) is 13.8 Å². The van der Waals surface area contributed by atoms with Gasteiger partial charge in [-0.1, -0.05) is 18.2 Å². The quantitative estimate of drug-likeness (QED) is 0.779. The number of nitrogens with one attached hydrogen (secondary N) is 1. The zero-order valence-electron chi connectivity index (χ0n) is 13.9. The Hall–Kier alpha value is -2.14. The van der Waals surface area contributed by atoms with Gasteiger partial charge in [-0.25, -0.2) is 4.98 Å². The molecule has 1 atom stereocenters. The van der Waals surface area contributed by atoms with Gasteiger partial charge < -0.3 is 9.88 Å². The Balaban J connectivity index is 1.90. The largest absolute Gasteiger partial charge is 0.347 e. The van der Waals surface area contributed by atoms with E-state index in [1.54, 1.807) is 11.3 Å². The van der Waals surface area contributed by atoms with E-state index in [1.807, 2.05) is 45.2 Å². The van der Waals surface area contributed by atoms with E-state index in [0.717, 1.165) is 38.6 Å². The van der Waals surface area contributed by atoms with E-state index in [2.05, 4.69) is 27.9 Å². The molecule has 0 bridgehead atoms. The lowest BCUT2D eigenvalue weighted by Crippen LogP contribution is -2.26. The summed E-state index contributed by atoms with van der Waals surface area (Å²) in [4.78, 5) is 18.3. The molecule has 3 aromatic rings. The molecule has 1 amide bonds. The Labute approximate surface area is 140 Å². The molecule has 0 spiro atoms. The summed E-state index contributed by atoms with van der Waals surface area (Å²) in [5.41, 5.74) is 2.82. The summed E-state index contributed by atoms with van der Waals surface area (Å²) in [6.45, 7) is 8.92. The van der Waals surface area contributed by atoms with Crippen molar-refractivity contribution >= 4 is 28.1 Å². The number of carbonyl (C=O) groups is 1. The molecule has 0 fully saturated rings. The SMILES string of the molecule is CCn1cc(C(=O)N[C@H](C)c2sc(C)nc2C)c2ccccc21. The highest BCUT2D eigenvalue weighted by Crippen LogP contribution is 2.26. The number of hydrogen-bond donors (Lipinski definition) is 1. The molecule has 3 rings (SSSR count). The predicted molar refractivity (Wildman–Crippen MR) is 95.1 cm³/mol. The van der Waals surface area contributed by atoms with Crippen molar-refractivity contribution in [3.8, 4) is 0 Å². The van der Waals surface area contributed by atoms with Crippen molar-refractivity contribution in [3.05, 3.63) is 51.6 Å². The van der Waals surface area contributed by atoms with Gasteiger partial charge in [0.05, 0.1) is 22.3 Å². The molecule has 0 radical (unpaired) electrons. The maximum absolute atomic E-state index is 12.7. The topological polar surface area (TPSA) is 46.9 Å². The van der Waals surface area contributed by atoms with Gasteiger partial charge >= 0.3 is 0 Å². The molecule has 5 heteroatoms. The Bertz CT molecular complexity index is 862. The highest BCUT2D eigenvalue weighted by molar-refractivity contribution is 7.11. The molecular weight excluding hydrogens is 306 g/mol. The van der Waals surface area contributed by atoms with Gasteiger partial charge in [0.1, 0.15) is 0 Å². The second kappa shape index (κ2) is 6.16. The number of para-hydroxylation sites is 1. The molecule has 1 aromatic carbocycles. The lowest BCUT2D eigenvalue weighted by molar-refractivity contribution is 0.0942. The van der Waals surface area contributed by atoms with Crippen molar-refractivity contribution in [3.63, 3.8) is 0 Å². The highest BCUT2D eigenvalue weighted by Gasteiger charge is 2.19. The number of aryl methyl sites for hydroxylation is 3. The van der Waals surface area contributed by atoms with Crippen LogP contribution in [-0.4, -0.2) is 15.5 Å². The maximum atomic E-state index is 12.7. The van der Waals surface area contributed by atoms with Crippen molar-refractivity contribution in [1.82, 2.24) is 14.9 Å². The number of fused-ring (bicyclic) bond motifs is 1. The monoisotopic (exact) mass is 327 g/mol. The van der Waals surface area contributed by atoms with Gasteiger partial charge in [-0.15, -0.1) is 11.3 Å². The van der Waals surface area contributed by atoms with Crippen LogP contribution in [-0.2, 0) is 6.54 Å². The molecule has 1 N–H and O–H groups in total. The fraction of sp³-hybridized carbons (Fsp3) is 0.333. The first-order valence-electron chi connectivity index (χ1n) is 7.84. The van der Waals surface area contributed by atoms with E-state index in [-0.39, 0.29) is 11.9 Å². The minimum absolute atomic E-state index is 0.0358. The first-order valence-corrected chi connectivity index (χ1v) is 8.65. The number of rotatable bonds is 4. The third kappa shape index (κ3) is 2.88. The molecule has 0 saturated carbocycles. The van der Waals surface area contributed by atoms with E-state index < -0.39 is 0 Å². The van der Waals surface area contributed by atoms with E-state index in [0.29, 0.717) is 0 Å². The third-order valence-electron chi connectivity index (χ3n) is 4.05. The molecule has 2 aromatic heterocycles. The van der Waals surface area contributed by atoms with Gasteiger partial charge in [0.2, 0.25) is 0 Å². The lowest BCUT2D eigenvalue weighted by atomic mass is 10.1. The number of carbonyl (C=O) groups excluding carboxylic acids is 1. The smallest absolute Gasteiger partial charge is 0.253 e. The second-order valence-electron chi connectivity index (χ2n) is 5.72. The normalized spacial score (nSPS) is 12.5. The van der Waals surface area contributed by atoms with Crippen LogP contribution in [0.1, 0.15) is 45.8 Å². The van der Waals surface area contributed by atoms with Gasteiger partial charge in [0, 0.05) is 28.5 Å². The number of thiazole rings is 1. The number of benzene rings is 1. The van der Waals surface area contributed by atoms with E-state index >= 15 is 0 Å². The first-order chi connectivity index (χ1) is 11.0. The van der Waals surface area contributed by atoms with Gasteiger partial charge in [-0.2, -0.15) is 0 Å². The first kappa shape index (κ1) is 15.7. The molecule has 120 valence electrons. The van der Waals surface area contributed by atoms with E-state index in [4.69, 9.17) is 0 Å². The van der Waals surface area contributed by atoms with Crippen molar-refractivity contribution in [2.45, 2.75) is 40.3 Å². The zero-order valence-corrected chi connectivity index (χ0v) is 14.7. The Morgan fingerprint density at radius 1 is 1.35 bits per heavy atom. The average Bonchev–Trinajstić information content (AvgIpc) is 3.07. The van der Waals surface area contributed by atoms with E-state index in [1.165, 1.54) is 0 Å². The molecule has 0 aliphatic heterocycles. The molecule has 0 saturated heterocycles. The van der Waals surface area contributed by atoms with Crippen LogP contribution in [0.2, 0.25) is 0 Å². The highest BCUT2D eigenvalue weighted by atomic mass is 32.1. The summed E-state index contributed by atoms with van der Waals surface area (Å²) in [5, 5.41) is 5.14. The van der Waals surface area contributed by atoms with Gasteiger partial charge in [0.15, 0.2) is 0 Å². The zero-order chi connectivity index (χ0) is 16.6. The van der Waals surface area contributed by atoms with E-state index in [9.17, 15) is 4.79 Å². The van der Waals surface area contributed by atoms with Crippen LogP contribution in [0.25, 0.3) is 10.9 Å². The summed E-state index contributed by atoms with van der Waals surface area (Å²) >= 11 is 1.64. The van der Waals surface area contributed by atoms with Crippen molar-refractivity contribution in [2.24, 2.45) is 0 Å². The van der Waals surface area contributed by atoms with Gasteiger partial charge in [0.25, 0.3) is 5.91 Å². The van der Waals surface area contributed by atoms with Crippen LogP contribution in [0.3, 0.4) is 0 Å². The molecule has 2 heterocycles. The molecule has 23 heavy (non-hydrogen) atoms. The number of hydrogen-bond acceptors (Lipinski definition) is 3. The molecular formula is C18H21N3OS. The predicted octanol–water partition coefficient (Wildman–Crippen LogP) is 4.23. The Kier molecular flexibility index (Phi) is 4.22. The maximum Gasteiger partial charge on any atom is 0.253 e. The average molecular weight is 327 g/mol. The summed E-state index contributed by atoms with van der Waals surface area (Å²) in [6.07, 6.45) is 1.94. The minimum atomic E-state index is -0.0440. The van der Waals surface area contributed by atoms with Gasteiger partial charge in [-0.3, -0.25) is 4.79 Å². The van der Waals surface area contributed by atoms with Crippen LogP contribution < -0.4 is 5.32 Å². The Morgan fingerprint density at radius 2 is 2.09 bits per heavy atom. The van der Waals surface area contributed by atoms with Crippen LogP contribution >= 0.6 is 11.3 Å². The molecule has 4 nitrogen and oxygen atoms in total.